The van der Waals surface area contributed by atoms with Crippen molar-refractivity contribution in [1.29, 1.82) is 0 Å². The van der Waals surface area contributed by atoms with E-state index in [9.17, 15) is 9.59 Å². The Morgan fingerprint density at radius 3 is 2.52 bits per heavy atom. The van der Waals surface area contributed by atoms with Gasteiger partial charge in [-0.2, -0.15) is 0 Å². The number of carbonyl (C=O) groups excluding carboxylic acids is 2. The Bertz CT molecular complexity index is 627. The molecule has 0 aliphatic carbocycles. The zero-order valence-electron chi connectivity index (χ0n) is 13.3. The van der Waals surface area contributed by atoms with Crippen molar-refractivity contribution < 1.29 is 19.1 Å². The number of hydrogen-bond acceptors (Lipinski definition) is 4. The molecule has 0 bridgehead atoms. The van der Waals surface area contributed by atoms with Gasteiger partial charge in [0, 0.05) is 18.1 Å². The van der Waals surface area contributed by atoms with E-state index >= 15 is 0 Å². The minimum Gasteiger partial charge on any atom is -0.497 e. The highest BCUT2D eigenvalue weighted by atomic mass is 79.9. The number of rotatable bonds is 5. The first-order chi connectivity index (χ1) is 11.0. The summed E-state index contributed by atoms with van der Waals surface area (Å²) in [5.41, 5.74) is 1.80. The predicted molar refractivity (Wildman–Crippen MR) is 89.5 cm³/mol. The summed E-state index contributed by atoms with van der Waals surface area (Å²) in [6.45, 7) is 2.02. The van der Waals surface area contributed by atoms with Gasteiger partial charge in [0.2, 0.25) is 0 Å². The largest absolute Gasteiger partial charge is 0.497 e. The fourth-order valence-corrected chi connectivity index (χ4v) is 3.09. The molecule has 1 aliphatic heterocycles. The lowest BCUT2D eigenvalue weighted by molar-refractivity contribution is -0.139. The molecule has 0 fully saturated rings. The van der Waals surface area contributed by atoms with Crippen molar-refractivity contribution >= 4 is 27.9 Å². The lowest BCUT2D eigenvalue weighted by Gasteiger charge is -2.34. The maximum absolute atomic E-state index is 12.4. The van der Waals surface area contributed by atoms with Crippen LogP contribution in [0.4, 0.5) is 4.79 Å². The highest BCUT2D eigenvalue weighted by molar-refractivity contribution is 9.09. The van der Waals surface area contributed by atoms with Gasteiger partial charge in [-0.1, -0.05) is 28.1 Å². The van der Waals surface area contributed by atoms with Crippen LogP contribution in [0.2, 0.25) is 0 Å². The van der Waals surface area contributed by atoms with Gasteiger partial charge in [0.25, 0.3) is 0 Å². The zero-order valence-corrected chi connectivity index (χ0v) is 14.8. The number of alkyl halides is 1. The Hall–Kier alpha value is -2.02. The topological polar surface area (TPSA) is 67.9 Å². The second-order valence-corrected chi connectivity index (χ2v) is 5.49. The van der Waals surface area contributed by atoms with Crippen LogP contribution in [0.1, 0.15) is 18.5 Å². The molecule has 1 N–H and O–H groups in total. The standard InChI is InChI=1S/C16H19BrN2O4/c1-4-23-15(20)13-12(9-17)19(2)16(21)18-14(13)10-5-7-11(22-3)8-6-10/h5-8,14H,4,9H2,1-3H3,(H,18,21)/t14-/m1/s1. The molecule has 1 atom stereocenters. The van der Waals surface area contributed by atoms with E-state index < -0.39 is 12.0 Å². The number of halogens is 1. The van der Waals surface area contributed by atoms with Gasteiger partial charge in [-0.3, -0.25) is 4.90 Å². The summed E-state index contributed by atoms with van der Waals surface area (Å²) >= 11 is 3.35. The number of ether oxygens (including phenoxy) is 2. The fraction of sp³-hybridized carbons (Fsp3) is 0.375. The molecule has 0 radical (unpaired) electrons. The third kappa shape index (κ3) is 3.50. The summed E-state index contributed by atoms with van der Waals surface area (Å²) in [5.74, 6) is 0.269. The van der Waals surface area contributed by atoms with E-state index in [1.807, 2.05) is 12.1 Å². The number of urea groups is 1. The molecule has 0 unspecified atom stereocenters. The van der Waals surface area contributed by atoms with Crippen LogP contribution in [0, 0.1) is 0 Å². The van der Waals surface area contributed by atoms with E-state index in [1.165, 1.54) is 4.90 Å². The number of benzene rings is 1. The minimum absolute atomic E-state index is 0.269. The van der Waals surface area contributed by atoms with Crippen LogP contribution < -0.4 is 10.1 Å². The molecule has 0 aromatic heterocycles. The Labute approximate surface area is 143 Å². The Balaban J connectivity index is 2.50. The quantitative estimate of drug-likeness (QED) is 0.627. The number of carbonyl (C=O) groups is 2. The van der Waals surface area contributed by atoms with Crippen LogP contribution >= 0.6 is 15.9 Å². The smallest absolute Gasteiger partial charge is 0.338 e. The van der Waals surface area contributed by atoms with Crippen molar-refractivity contribution in [3.63, 3.8) is 0 Å². The monoisotopic (exact) mass is 382 g/mol. The predicted octanol–water partition coefficient (Wildman–Crippen LogP) is 2.60. The van der Waals surface area contributed by atoms with Crippen LogP contribution in [-0.4, -0.2) is 43.0 Å². The van der Waals surface area contributed by atoms with Crippen molar-refractivity contribution in [2.24, 2.45) is 0 Å². The van der Waals surface area contributed by atoms with E-state index in [0.717, 1.165) is 5.56 Å². The van der Waals surface area contributed by atoms with E-state index in [0.29, 0.717) is 22.3 Å². The summed E-state index contributed by atoms with van der Waals surface area (Å²) in [6.07, 6.45) is 0. The number of amides is 2. The van der Waals surface area contributed by atoms with E-state index in [1.54, 1.807) is 33.2 Å². The summed E-state index contributed by atoms with van der Waals surface area (Å²) in [5, 5.41) is 3.21. The van der Waals surface area contributed by atoms with Crippen LogP contribution in [0.15, 0.2) is 35.5 Å². The molecule has 1 aromatic carbocycles. The van der Waals surface area contributed by atoms with E-state index in [2.05, 4.69) is 21.2 Å². The Morgan fingerprint density at radius 2 is 2.00 bits per heavy atom. The van der Waals surface area contributed by atoms with Crippen molar-refractivity contribution in [2.75, 3.05) is 26.1 Å². The molecule has 7 heteroatoms. The van der Waals surface area contributed by atoms with E-state index in [-0.39, 0.29) is 12.6 Å². The first kappa shape index (κ1) is 17.3. The Morgan fingerprint density at radius 1 is 1.35 bits per heavy atom. The molecule has 0 spiro atoms. The maximum Gasteiger partial charge on any atom is 0.338 e. The number of methoxy groups -OCH3 is 1. The molecule has 23 heavy (non-hydrogen) atoms. The second kappa shape index (κ2) is 7.50. The van der Waals surface area contributed by atoms with Gasteiger partial charge < -0.3 is 14.8 Å². The van der Waals surface area contributed by atoms with Gasteiger partial charge in [-0.25, -0.2) is 9.59 Å². The molecule has 6 nitrogen and oxygen atoms in total. The third-order valence-electron chi connectivity index (χ3n) is 3.65. The van der Waals surface area contributed by atoms with Crippen LogP contribution in [0.5, 0.6) is 5.75 Å². The highest BCUT2D eigenvalue weighted by Crippen LogP contribution is 2.32. The van der Waals surface area contributed by atoms with Crippen molar-refractivity contribution in [2.45, 2.75) is 13.0 Å². The van der Waals surface area contributed by atoms with Gasteiger partial charge in [0.15, 0.2) is 0 Å². The number of allylic oxidation sites excluding steroid dienone is 1. The van der Waals surface area contributed by atoms with E-state index in [4.69, 9.17) is 9.47 Å². The lowest BCUT2D eigenvalue weighted by Crippen LogP contribution is -2.47. The first-order valence-electron chi connectivity index (χ1n) is 7.17. The summed E-state index contributed by atoms with van der Waals surface area (Å²) in [4.78, 5) is 26.0. The fourth-order valence-electron chi connectivity index (χ4n) is 2.41. The minimum atomic E-state index is -0.559. The van der Waals surface area contributed by atoms with Crippen molar-refractivity contribution in [3.05, 3.63) is 41.1 Å². The molecule has 1 aromatic rings. The van der Waals surface area contributed by atoms with Crippen LogP contribution in [0.3, 0.4) is 0 Å². The SMILES string of the molecule is CCOC(=O)C1=C(CBr)N(C)C(=O)N[C@@H]1c1ccc(OC)cc1. The van der Waals surface area contributed by atoms with Crippen LogP contribution in [-0.2, 0) is 9.53 Å². The third-order valence-corrected chi connectivity index (χ3v) is 4.18. The molecule has 1 aliphatic rings. The van der Waals surface area contributed by atoms with Gasteiger partial charge in [-0.05, 0) is 24.6 Å². The molecule has 2 rings (SSSR count). The van der Waals surface area contributed by atoms with Gasteiger partial charge in [0.1, 0.15) is 5.75 Å². The second-order valence-electron chi connectivity index (χ2n) is 4.93. The number of nitrogens with one attached hydrogen (secondary N) is 1. The molecular formula is C16H19BrN2O4. The molecule has 2 amide bonds. The van der Waals surface area contributed by atoms with Crippen molar-refractivity contribution in [1.82, 2.24) is 10.2 Å². The number of nitrogens with zero attached hydrogens (tertiary/aromatic N) is 1. The molecule has 1 heterocycles. The molecule has 0 saturated carbocycles. The Kier molecular flexibility index (Phi) is 5.65. The highest BCUT2D eigenvalue weighted by Gasteiger charge is 2.36. The molecule has 124 valence electrons. The average molecular weight is 383 g/mol. The number of esters is 1. The van der Waals surface area contributed by atoms with Gasteiger partial charge in [-0.15, -0.1) is 0 Å². The van der Waals surface area contributed by atoms with Crippen molar-refractivity contribution in [3.8, 4) is 5.75 Å². The summed E-state index contributed by atoms with van der Waals surface area (Å²) in [6, 6.07) is 6.39. The molecule has 0 saturated heterocycles. The van der Waals surface area contributed by atoms with Crippen LogP contribution in [0.25, 0.3) is 0 Å². The normalized spacial score (nSPS) is 17.8. The van der Waals surface area contributed by atoms with Gasteiger partial charge in [0.05, 0.1) is 25.3 Å². The zero-order chi connectivity index (χ0) is 17.0. The maximum atomic E-state index is 12.4. The van der Waals surface area contributed by atoms with Gasteiger partial charge >= 0.3 is 12.0 Å². The lowest BCUT2D eigenvalue weighted by atomic mass is 9.95. The first-order valence-corrected chi connectivity index (χ1v) is 8.29. The average Bonchev–Trinajstić information content (AvgIpc) is 2.57. The molecular weight excluding hydrogens is 364 g/mol. The summed E-state index contributed by atoms with van der Waals surface area (Å²) in [7, 11) is 3.20. The summed E-state index contributed by atoms with van der Waals surface area (Å²) < 4.78 is 10.3. The number of hydrogen-bond donors (Lipinski definition) is 1.